The van der Waals surface area contributed by atoms with E-state index in [4.69, 9.17) is 11.6 Å². The summed E-state index contributed by atoms with van der Waals surface area (Å²) in [7, 11) is 0. The van der Waals surface area contributed by atoms with Crippen molar-refractivity contribution < 1.29 is 9.59 Å². The van der Waals surface area contributed by atoms with Crippen LogP contribution < -0.4 is 5.32 Å². The number of amides is 2. The molecule has 5 aliphatic rings. The fourth-order valence-corrected chi connectivity index (χ4v) is 8.54. The number of benzene rings is 1. The van der Waals surface area contributed by atoms with Crippen LogP contribution in [0.4, 0.5) is 5.69 Å². The molecule has 4 nitrogen and oxygen atoms in total. The topological polar surface area (TPSA) is 49.4 Å². The fraction of sp³-hybridized carbons (Fsp3) is 0.643. The van der Waals surface area contributed by atoms with E-state index in [1.807, 2.05) is 24.3 Å². The number of hydrogen-bond acceptors (Lipinski definition) is 2. The molecule has 1 aliphatic heterocycles. The minimum absolute atomic E-state index is 0.0478. The van der Waals surface area contributed by atoms with Crippen LogP contribution >= 0.6 is 11.6 Å². The molecule has 1 heterocycles. The SMILES string of the molecule is C[C@]12CCC(=O)N(C3CC3)C1=CC[C@@H]1[C@H]2CC[C@]2(C)C(C(=O)Nc3cccc(Cl)c3)CC[C@@H]12. The van der Waals surface area contributed by atoms with Crippen molar-refractivity contribution >= 4 is 29.1 Å². The average Bonchev–Trinajstić information content (AvgIpc) is 3.54. The van der Waals surface area contributed by atoms with Crippen molar-refractivity contribution in [3.8, 4) is 0 Å². The number of halogens is 1. The van der Waals surface area contributed by atoms with E-state index in [1.165, 1.54) is 12.1 Å². The molecule has 1 unspecified atom stereocenters. The number of carbonyl (C=O) groups excluding carboxylic acids is 2. The lowest BCUT2D eigenvalue weighted by Gasteiger charge is -2.58. The lowest BCUT2D eigenvalue weighted by molar-refractivity contribution is -0.139. The van der Waals surface area contributed by atoms with Crippen LogP contribution in [0.3, 0.4) is 0 Å². The second kappa shape index (κ2) is 7.60. The molecule has 4 fully saturated rings. The van der Waals surface area contributed by atoms with Crippen molar-refractivity contribution in [2.24, 2.45) is 34.5 Å². The number of carbonyl (C=O) groups is 2. The highest BCUT2D eigenvalue weighted by Gasteiger charge is 2.61. The molecule has 5 heteroatoms. The van der Waals surface area contributed by atoms with Gasteiger partial charge in [0.05, 0.1) is 0 Å². The van der Waals surface area contributed by atoms with E-state index in [0.717, 1.165) is 50.6 Å². The molecule has 1 aromatic carbocycles. The zero-order valence-electron chi connectivity index (χ0n) is 19.8. The molecule has 2 amide bonds. The second-order valence-corrected chi connectivity index (χ2v) is 12.2. The summed E-state index contributed by atoms with van der Waals surface area (Å²) in [5, 5.41) is 3.80. The number of nitrogens with one attached hydrogen (secondary N) is 1. The predicted molar refractivity (Wildman–Crippen MR) is 131 cm³/mol. The van der Waals surface area contributed by atoms with Crippen molar-refractivity contribution in [2.75, 3.05) is 5.32 Å². The summed E-state index contributed by atoms with van der Waals surface area (Å²) in [6.45, 7) is 4.82. The summed E-state index contributed by atoms with van der Waals surface area (Å²) >= 11 is 6.13. The molecule has 1 N–H and O–H groups in total. The minimum Gasteiger partial charge on any atom is -0.326 e. The zero-order chi connectivity index (χ0) is 23.0. The Bertz CT molecular complexity index is 1030. The standard InChI is InChI=1S/C28H35ClN2O2/c1-27-14-12-22-20(8-11-24-28(22,2)15-13-25(32)31(24)19-6-7-19)21(27)9-10-23(27)26(33)30-18-5-3-4-17(29)16-18/h3-5,11,16,19-23H,6-10,12-15H2,1-2H3,(H,30,33)/t20-,21-,22+,23?,27-,28+/m0/s1. The van der Waals surface area contributed by atoms with E-state index < -0.39 is 0 Å². The van der Waals surface area contributed by atoms with Crippen molar-refractivity contribution in [1.82, 2.24) is 4.90 Å². The fourth-order valence-electron chi connectivity index (χ4n) is 8.35. The van der Waals surface area contributed by atoms with Gasteiger partial charge in [0.2, 0.25) is 11.8 Å². The van der Waals surface area contributed by atoms with Crippen molar-refractivity contribution in [2.45, 2.75) is 77.7 Å². The van der Waals surface area contributed by atoms with Gasteiger partial charge in [-0.05, 0) is 92.7 Å². The molecule has 3 saturated carbocycles. The van der Waals surface area contributed by atoms with Gasteiger partial charge < -0.3 is 10.2 Å². The highest BCUT2D eigenvalue weighted by molar-refractivity contribution is 6.30. The third-order valence-corrected chi connectivity index (χ3v) is 10.4. The number of hydrogen-bond donors (Lipinski definition) is 1. The molecule has 176 valence electrons. The van der Waals surface area contributed by atoms with E-state index >= 15 is 0 Å². The normalized spacial score (nSPS) is 39.9. The van der Waals surface area contributed by atoms with E-state index in [0.29, 0.717) is 41.1 Å². The summed E-state index contributed by atoms with van der Waals surface area (Å²) in [6.07, 6.45) is 11.9. The third kappa shape index (κ3) is 3.31. The van der Waals surface area contributed by atoms with Crippen LogP contribution in [0.2, 0.25) is 5.02 Å². The number of rotatable bonds is 3. The Kier molecular flexibility index (Phi) is 5.00. The monoisotopic (exact) mass is 466 g/mol. The molecule has 1 aromatic rings. The Labute approximate surface area is 202 Å². The molecule has 0 radical (unpaired) electrons. The molecule has 4 aliphatic carbocycles. The second-order valence-electron chi connectivity index (χ2n) is 11.8. The summed E-state index contributed by atoms with van der Waals surface area (Å²) in [4.78, 5) is 28.4. The third-order valence-electron chi connectivity index (χ3n) is 10.1. The molecule has 33 heavy (non-hydrogen) atoms. The molecule has 1 saturated heterocycles. The van der Waals surface area contributed by atoms with Crippen LogP contribution in [-0.4, -0.2) is 22.8 Å². The van der Waals surface area contributed by atoms with Crippen LogP contribution in [0.15, 0.2) is 36.0 Å². The maximum Gasteiger partial charge on any atom is 0.228 e. The Morgan fingerprint density at radius 2 is 1.91 bits per heavy atom. The molecule has 0 spiro atoms. The largest absolute Gasteiger partial charge is 0.326 e. The Morgan fingerprint density at radius 3 is 2.67 bits per heavy atom. The van der Waals surface area contributed by atoms with Gasteiger partial charge in [0.1, 0.15) is 0 Å². The molecule has 6 atom stereocenters. The highest BCUT2D eigenvalue weighted by atomic mass is 35.5. The number of allylic oxidation sites excluding steroid dienone is 2. The van der Waals surface area contributed by atoms with Crippen molar-refractivity contribution in [3.05, 3.63) is 41.1 Å². The lowest BCUT2D eigenvalue weighted by atomic mass is 9.49. The number of likely N-dealkylation sites (tertiary alicyclic amines) is 1. The molecular weight excluding hydrogens is 432 g/mol. The summed E-state index contributed by atoms with van der Waals surface area (Å²) < 4.78 is 0. The van der Waals surface area contributed by atoms with E-state index in [1.54, 1.807) is 0 Å². The van der Waals surface area contributed by atoms with Gasteiger partial charge in [-0.25, -0.2) is 0 Å². The minimum atomic E-state index is 0.0478. The molecule has 6 rings (SSSR count). The first-order valence-electron chi connectivity index (χ1n) is 12.9. The Hall–Kier alpha value is -1.81. The van der Waals surface area contributed by atoms with Gasteiger partial charge in [0.15, 0.2) is 0 Å². The number of nitrogens with zero attached hydrogens (tertiary/aromatic N) is 1. The summed E-state index contributed by atoms with van der Waals surface area (Å²) in [5.74, 6) is 2.38. The maximum atomic E-state index is 13.4. The molecule has 0 bridgehead atoms. The van der Waals surface area contributed by atoms with Gasteiger partial charge in [-0.2, -0.15) is 0 Å². The van der Waals surface area contributed by atoms with Crippen LogP contribution in [0, 0.1) is 34.5 Å². The van der Waals surface area contributed by atoms with Gasteiger partial charge in [-0.3, -0.25) is 9.59 Å². The van der Waals surface area contributed by atoms with Gasteiger partial charge in [-0.1, -0.05) is 37.6 Å². The number of fused-ring (bicyclic) bond motifs is 5. The predicted octanol–water partition coefficient (Wildman–Crippen LogP) is 6.42. The first kappa shape index (κ1) is 21.7. The maximum absolute atomic E-state index is 13.4. The Balaban J connectivity index is 1.25. The highest BCUT2D eigenvalue weighted by Crippen LogP contribution is 2.66. The van der Waals surface area contributed by atoms with Gasteiger partial charge in [0, 0.05) is 40.2 Å². The lowest BCUT2D eigenvalue weighted by Crippen LogP contribution is -2.55. The quantitative estimate of drug-likeness (QED) is 0.559. The van der Waals surface area contributed by atoms with Crippen LogP contribution in [-0.2, 0) is 9.59 Å². The average molecular weight is 467 g/mol. The zero-order valence-corrected chi connectivity index (χ0v) is 20.5. The van der Waals surface area contributed by atoms with Crippen LogP contribution in [0.25, 0.3) is 0 Å². The van der Waals surface area contributed by atoms with E-state index in [-0.39, 0.29) is 22.7 Å². The van der Waals surface area contributed by atoms with E-state index in [2.05, 4.69) is 30.1 Å². The van der Waals surface area contributed by atoms with Crippen molar-refractivity contribution in [1.29, 1.82) is 0 Å². The molecule has 0 aromatic heterocycles. The first-order valence-corrected chi connectivity index (χ1v) is 13.3. The van der Waals surface area contributed by atoms with Gasteiger partial charge >= 0.3 is 0 Å². The summed E-state index contributed by atoms with van der Waals surface area (Å²) in [5.41, 5.74) is 2.30. The van der Waals surface area contributed by atoms with Gasteiger partial charge in [0.25, 0.3) is 0 Å². The van der Waals surface area contributed by atoms with Crippen molar-refractivity contribution in [3.63, 3.8) is 0 Å². The van der Waals surface area contributed by atoms with Gasteiger partial charge in [-0.15, -0.1) is 0 Å². The molecular formula is C28H35ClN2O2. The number of anilines is 1. The first-order chi connectivity index (χ1) is 15.8. The summed E-state index contributed by atoms with van der Waals surface area (Å²) in [6, 6.07) is 7.92. The van der Waals surface area contributed by atoms with Crippen LogP contribution in [0.5, 0.6) is 0 Å². The van der Waals surface area contributed by atoms with Crippen LogP contribution in [0.1, 0.15) is 71.6 Å². The van der Waals surface area contributed by atoms with E-state index in [9.17, 15) is 9.59 Å². The Morgan fingerprint density at radius 1 is 1.09 bits per heavy atom. The number of piperidine rings is 1. The smallest absolute Gasteiger partial charge is 0.228 e.